The Morgan fingerprint density at radius 3 is 2.69 bits per heavy atom. The van der Waals surface area contributed by atoms with Crippen LogP contribution in [-0.4, -0.2) is 56.5 Å². The number of rotatable bonds is 5. The minimum absolute atomic E-state index is 0.0274. The summed E-state index contributed by atoms with van der Waals surface area (Å²) in [6, 6.07) is 11.6. The molecule has 1 saturated heterocycles. The molecule has 8 nitrogen and oxygen atoms in total. The molecular weight excluding hydrogens is 368 g/mol. The molecule has 2 aromatic heterocycles. The van der Waals surface area contributed by atoms with Gasteiger partial charge in [0.1, 0.15) is 11.6 Å². The summed E-state index contributed by atoms with van der Waals surface area (Å²) in [6.07, 6.45) is 6.99. The van der Waals surface area contributed by atoms with Crippen LogP contribution in [0.1, 0.15) is 23.2 Å². The van der Waals surface area contributed by atoms with Crippen LogP contribution in [0.25, 0.3) is 5.69 Å². The van der Waals surface area contributed by atoms with Gasteiger partial charge in [0.05, 0.1) is 43.0 Å². The molecule has 1 amide bonds. The number of nitrogens with one attached hydrogen (secondary N) is 1. The molecule has 1 aromatic carbocycles. The van der Waals surface area contributed by atoms with Crippen LogP contribution in [0.3, 0.4) is 0 Å². The van der Waals surface area contributed by atoms with Gasteiger partial charge >= 0.3 is 0 Å². The normalized spacial score (nSPS) is 22.7. The molecule has 1 N–H and O–H groups in total. The second-order valence-corrected chi connectivity index (χ2v) is 7.53. The average molecular weight is 390 g/mol. The standard InChI is InChI=1S/C21H22N6O2/c1-29-15-6-7-20(22-12-15)25-17-10-14-11-19(17)26(13-14)21(28)16-4-2-3-5-18(16)27-23-8-9-24-27/h2-9,12,14,17,19H,10-11,13H2,1H3,(H,22,25)/t14-,17-,19+/m1/s1. The Hall–Kier alpha value is -3.42. The van der Waals surface area contributed by atoms with Crippen molar-refractivity contribution in [2.75, 3.05) is 19.0 Å². The summed E-state index contributed by atoms with van der Waals surface area (Å²) in [5.74, 6) is 2.07. The maximum Gasteiger partial charge on any atom is 0.256 e. The number of para-hydroxylation sites is 1. The molecule has 0 unspecified atom stereocenters. The number of aromatic nitrogens is 4. The van der Waals surface area contributed by atoms with E-state index in [0.717, 1.165) is 31.0 Å². The summed E-state index contributed by atoms with van der Waals surface area (Å²) in [6.45, 7) is 0.790. The highest BCUT2D eigenvalue weighted by Crippen LogP contribution is 2.40. The predicted octanol–water partition coefficient (Wildman–Crippen LogP) is 2.39. The molecule has 3 heterocycles. The Balaban J connectivity index is 1.37. The molecule has 29 heavy (non-hydrogen) atoms. The lowest BCUT2D eigenvalue weighted by Gasteiger charge is -2.34. The van der Waals surface area contributed by atoms with E-state index in [-0.39, 0.29) is 18.0 Å². The van der Waals surface area contributed by atoms with Gasteiger partial charge in [-0.15, -0.1) is 0 Å². The van der Waals surface area contributed by atoms with Gasteiger partial charge in [0.15, 0.2) is 0 Å². The third-order valence-corrected chi connectivity index (χ3v) is 5.82. The van der Waals surface area contributed by atoms with Crippen LogP contribution < -0.4 is 10.1 Å². The molecule has 3 atom stereocenters. The Morgan fingerprint density at radius 1 is 1.14 bits per heavy atom. The molecule has 148 valence electrons. The third-order valence-electron chi connectivity index (χ3n) is 5.82. The summed E-state index contributed by atoms with van der Waals surface area (Å²) >= 11 is 0. The minimum Gasteiger partial charge on any atom is -0.495 e. The highest BCUT2D eigenvalue weighted by molar-refractivity contribution is 5.98. The Morgan fingerprint density at radius 2 is 1.97 bits per heavy atom. The second kappa shape index (κ2) is 7.20. The van der Waals surface area contributed by atoms with Crippen LogP contribution in [0.2, 0.25) is 0 Å². The highest BCUT2D eigenvalue weighted by Gasteiger charge is 2.47. The van der Waals surface area contributed by atoms with Crippen LogP contribution in [0.4, 0.5) is 5.82 Å². The average Bonchev–Trinajstić information content (AvgIpc) is 3.51. The van der Waals surface area contributed by atoms with Crippen molar-refractivity contribution in [2.45, 2.75) is 24.9 Å². The van der Waals surface area contributed by atoms with Crippen LogP contribution in [0.15, 0.2) is 55.0 Å². The van der Waals surface area contributed by atoms with Gasteiger partial charge in [-0.25, -0.2) is 4.98 Å². The van der Waals surface area contributed by atoms with E-state index in [1.807, 2.05) is 41.3 Å². The van der Waals surface area contributed by atoms with Crippen molar-refractivity contribution in [2.24, 2.45) is 5.92 Å². The second-order valence-electron chi connectivity index (χ2n) is 7.53. The lowest BCUT2D eigenvalue weighted by molar-refractivity contribution is 0.0691. The molecule has 1 aliphatic heterocycles. The van der Waals surface area contributed by atoms with Crippen LogP contribution in [-0.2, 0) is 0 Å². The number of pyridine rings is 1. The zero-order valence-corrected chi connectivity index (χ0v) is 16.1. The number of nitrogens with zero attached hydrogens (tertiary/aromatic N) is 5. The lowest BCUT2D eigenvalue weighted by Crippen LogP contribution is -2.48. The van der Waals surface area contributed by atoms with Crippen molar-refractivity contribution in [3.8, 4) is 11.4 Å². The van der Waals surface area contributed by atoms with Crippen LogP contribution in [0.5, 0.6) is 5.75 Å². The first-order valence-corrected chi connectivity index (χ1v) is 9.76. The molecule has 1 aliphatic carbocycles. The Kier molecular flexibility index (Phi) is 4.38. The number of ether oxygens (including phenoxy) is 1. The van der Waals surface area contributed by atoms with Gasteiger partial charge in [0.2, 0.25) is 0 Å². The zero-order chi connectivity index (χ0) is 19.8. The number of carbonyl (C=O) groups excluding carboxylic acids is 1. The number of hydrogen-bond acceptors (Lipinski definition) is 6. The largest absolute Gasteiger partial charge is 0.495 e. The van der Waals surface area contributed by atoms with E-state index in [1.165, 1.54) is 4.80 Å². The van der Waals surface area contributed by atoms with Gasteiger partial charge in [-0.05, 0) is 43.0 Å². The van der Waals surface area contributed by atoms with E-state index in [4.69, 9.17) is 4.74 Å². The smallest absolute Gasteiger partial charge is 0.256 e. The van der Waals surface area contributed by atoms with Crippen molar-refractivity contribution >= 4 is 11.7 Å². The van der Waals surface area contributed by atoms with Gasteiger partial charge in [-0.3, -0.25) is 4.79 Å². The maximum absolute atomic E-state index is 13.4. The number of likely N-dealkylation sites (tertiary alicyclic amines) is 1. The molecule has 1 saturated carbocycles. The van der Waals surface area contributed by atoms with Crippen molar-refractivity contribution in [3.63, 3.8) is 0 Å². The molecule has 2 bridgehead atoms. The SMILES string of the molecule is COc1ccc(N[C@@H]2C[C@@H]3C[C@@H]2N(C(=O)c2ccccc2-n2nccn2)C3)nc1. The van der Waals surface area contributed by atoms with Gasteiger partial charge in [0.25, 0.3) is 5.91 Å². The summed E-state index contributed by atoms with van der Waals surface area (Å²) in [4.78, 5) is 21.3. The number of benzene rings is 1. The van der Waals surface area contributed by atoms with E-state index < -0.39 is 0 Å². The first-order chi connectivity index (χ1) is 14.2. The van der Waals surface area contributed by atoms with Crippen molar-refractivity contribution in [1.29, 1.82) is 0 Å². The van der Waals surface area contributed by atoms with Gasteiger partial charge in [0, 0.05) is 12.6 Å². The summed E-state index contributed by atoms with van der Waals surface area (Å²) in [7, 11) is 1.63. The fourth-order valence-corrected chi connectivity index (χ4v) is 4.51. The highest BCUT2D eigenvalue weighted by atomic mass is 16.5. The maximum atomic E-state index is 13.4. The minimum atomic E-state index is 0.0274. The van der Waals surface area contributed by atoms with E-state index in [0.29, 0.717) is 17.2 Å². The van der Waals surface area contributed by atoms with Crippen molar-refractivity contribution in [1.82, 2.24) is 24.9 Å². The monoisotopic (exact) mass is 390 g/mol. The van der Waals surface area contributed by atoms with Crippen molar-refractivity contribution < 1.29 is 9.53 Å². The molecule has 0 spiro atoms. The van der Waals surface area contributed by atoms with E-state index in [2.05, 4.69) is 20.5 Å². The number of methoxy groups -OCH3 is 1. The van der Waals surface area contributed by atoms with Crippen molar-refractivity contribution in [3.05, 3.63) is 60.6 Å². The predicted molar refractivity (Wildman–Crippen MR) is 107 cm³/mol. The number of amides is 1. The number of carbonyl (C=O) groups is 1. The molecule has 3 aromatic rings. The van der Waals surface area contributed by atoms with E-state index in [1.54, 1.807) is 25.7 Å². The van der Waals surface area contributed by atoms with Gasteiger partial charge in [-0.2, -0.15) is 15.0 Å². The van der Waals surface area contributed by atoms with Crippen LogP contribution in [0, 0.1) is 5.92 Å². The Labute approximate surface area is 168 Å². The fraction of sp³-hybridized carbons (Fsp3) is 0.333. The molecular formula is C21H22N6O2. The molecule has 5 rings (SSSR count). The molecule has 0 radical (unpaired) electrons. The third kappa shape index (κ3) is 3.20. The number of anilines is 1. The van der Waals surface area contributed by atoms with Gasteiger partial charge in [-0.1, -0.05) is 12.1 Å². The summed E-state index contributed by atoms with van der Waals surface area (Å²) in [5, 5.41) is 11.9. The lowest BCUT2D eigenvalue weighted by atomic mass is 10.0. The molecule has 2 fully saturated rings. The molecule has 8 heteroatoms. The zero-order valence-electron chi connectivity index (χ0n) is 16.1. The number of fused-ring (bicyclic) bond motifs is 2. The van der Waals surface area contributed by atoms with E-state index >= 15 is 0 Å². The topological polar surface area (TPSA) is 85.2 Å². The fourth-order valence-electron chi connectivity index (χ4n) is 4.51. The Bertz CT molecular complexity index is 1000. The first kappa shape index (κ1) is 17.7. The quantitative estimate of drug-likeness (QED) is 0.720. The summed E-state index contributed by atoms with van der Waals surface area (Å²) < 4.78 is 5.17. The van der Waals surface area contributed by atoms with Gasteiger partial charge < -0.3 is 15.0 Å². The number of hydrogen-bond donors (Lipinski definition) is 1. The first-order valence-electron chi connectivity index (χ1n) is 9.76. The number of piperidine rings is 1. The van der Waals surface area contributed by atoms with Crippen LogP contribution >= 0.6 is 0 Å². The molecule has 2 aliphatic rings. The van der Waals surface area contributed by atoms with E-state index in [9.17, 15) is 4.79 Å². The summed E-state index contributed by atoms with van der Waals surface area (Å²) in [5.41, 5.74) is 1.32.